The molecule has 0 aliphatic carbocycles. The molecule has 2 N–H and O–H groups in total. The maximum Gasteiger partial charge on any atom is 0.250 e. The van der Waals surface area contributed by atoms with Gasteiger partial charge in [0.05, 0.1) is 0 Å². The van der Waals surface area contributed by atoms with Gasteiger partial charge >= 0.3 is 0 Å². The number of carbonyl (C=O) groups is 1. The zero-order valence-electron chi connectivity index (χ0n) is 15.6. The monoisotopic (exact) mass is 464 g/mol. The SMILES string of the molecule is CC(C)C(=O)NC(NC(=S)N1CC2CC(C1)c1cccc(=O)n1C2)C(Cl)(Cl)Cl. The minimum Gasteiger partial charge on any atom is -0.348 e. The number of amides is 1. The molecular weight excluding hydrogens is 443 g/mol. The van der Waals surface area contributed by atoms with Crippen LogP contribution >= 0.6 is 47.0 Å². The lowest BCUT2D eigenvalue weighted by atomic mass is 9.83. The van der Waals surface area contributed by atoms with E-state index >= 15 is 0 Å². The highest BCUT2D eigenvalue weighted by molar-refractivity contribution is 7.80. The molecule has 1 amide bonds. The molecule has 1 aromatic rings. The van der Waals surface area contributed by atoms with Crippen LogP contribution in [0, 0.1) is 11.8 Å². The van der Waals surface area contributed by atoms with Crippen LogP contribution in [-0.4, -0.2) is 43.5 Å². The lowest BCUT2D eigenvalue weighted by molar-refractivity contribution is -0.124. The highest BCUT2D eigenvalue weighted by atomic mass is 35.6. The van der Waals surface area contributed by atoms with Gasteiger partial charge in [0, 0.05) is 43.2 Å². The molecule has 3 unspecified atom stereocenters. The van der Waals surface area contributed by atoms with Crippen molar-refractivity contribution in [1.82, 2.24) is 20.1 Å². The number of fused-ring (bicyclic) bond motifs is 4. The molecule has 0 aromatic carbocycles. The Bertz CT molecular complexity index is 824. The van der Waals surface area contributed by atoms with Gasteiger partial charge < -0.3 is 20.1 Å². The Balaban J connectivity index is 1.73. The second kappa shape index (κ2) is 8.38. The third-order valence-electron chi connectivity index (χ3n) is 5.17. The van der Waals surface area contributed by atoms with Crippen LogP contribution in [0.1, 0.15) is 31.9 Å². The van der Waals surface area contributed by atoms with Crippen molar-refractivity contribution < 1.29 is 4.79 Å². The molecule has 3 rings (SSSR count). The van der Waals surface area contributed by atoms with E-state index in [-0.39, 0.29) is 23.3 Å². The topological polar surface area (TPSA) is 66.4 Å². The number of likely N-dealkylation sites (tertiary alicyclic amines) is 1. The van der Waals surface area contributed by atoms with Crippen LogP contribution < -0.4 is 16.2 Å². The van der Waals surface area contributed by atoms with Gasteiger partial charge in [-0.15, -0.1) is 0 Å². The highest BCUT2D eigenvalue weighted by Gasteiger charge is 2.39. The summed E-state index contributed by atoms with van der Waals surface area (Å²) in [7, 11) is 0. The summed E-state index contributed by atoms with van der Waals surface area (Å²) in [5, 5.41) is 6.11. The largest absolute Gasteiger partial charge is 0.348 e. The zero-order valence-corrected chi connectivity index (χ0v) is 18.7. The number of alkyl halides is 3. The van der Waals surface area contributed by atoms with E-state index in [2.05, 4.69) is 10.6 Å². The van der Waals surface area contributed by atoms with E-state index in [0.717, 1.165) is 12.1 Å². The Kier molecular flexibility index (Phi) is 6.49. The lowest BCUT2D eigenvalue weighted by Gasteiger charge is -2.44. The minimum atomic E-state index is -1.76. The molecule has 2 bridgehead atoms. The van der Waals surface area contributed by atoms with Crippen molar-refractivity contribution in [3.8, 4) is 0 Å². The number of thiocarbonyl (C=S) groups is 1. The highest BCUT2D eigenvalue weighted by Crippen LogP contribution is 2.35. The molecule has 0 radical (unpaired) electrons. The van der Waals surface area contributed by atoms with Crippen LogP contribution in [0.3, 0.4) is 0 Å². The number of halogens is 3. The average Bonchev–Trinajstić information content (AvgIpc) is 2.61. The molecule has 0 spiro atoms. The normalized spacial score (nSPS) is 22.4. The number of hydrogen-bond donors (Lipinski definition) is 2. The number of hydrogen-bond acceptors (Lipinski definition) is 3. The van der Waals surface area contributed by atoms with Crippen molar-refractivity contribution in [2.24, 2.45) is 11.8 Å². The van der Waals surface area contributed by atoms with Crippen molar-refractivity contribution in [3.63, 3.8) is 0 Å². The molecule has 1 aromatic heterocycles. The Morgan fingerprint density at radius 2 is 1.93 bits per heavy atom. The molecule has 2 aliphatic heterocycles. The molecule has 2 aliphatic rings. The van der Waals surface area contributed by atoms with Crippen LogP contribution in [0.25, 0.3) is 0 Å². The summed E-state index contributed by atoms with van der Waals surface area (Å²) in [6, 6.07) is 5.39. The number of nitrogens with one attached hydrogen (secondary N) is 2. The predicted molar refractivity (Wildman–Crippen MR) is 116 cm³/mol. The quantitative estimate of drug-likeness (QED) is 0.408. The van der Waals surface area contributed by atoms with Crippen molar-refractivity contribution in [3.05, 3.63) is 34.2 Å². The molecule has 3 heterocycles. The molecule has 6 nitrogen and oxygen atoms in total. The van der Waals surface area contributed by atoms with Crippen molar-refractivity contribution in [2.75, 3.05) is 13.1 Å². The first-order chi connectivity index (χ1) is 13.1. The molecular formula is C18H23Cl3N4O2S. The second-order valence-electron chi connectivity index (χ2n) is 7.69. The molecule has 1 fully saturated rings. The lowest BCUT2D eigenvalue weighted by Crippen LogP contribution is -2.60. The van der Waals surface area contributed by atoms with E-state index in [4.69, 9.17) is 47.0 Å². The van der Waals surface area contributed by atoms with Gasteiger partial charge in [-0.2, -0.15) is 0 Å². The summed E-state index contributed by atoms with van der Waals surface area (Å²) >= 11 is 23.7. The third-order valence-corrected chi connectivity index (χ3v) is 6.20. The van der Waals surface area contributed by atoms with E-state index in [0.29, 0.717) is 30.7 Å². The average molecular weight is 466 g/mol. The third kappa shape index (κ3) is 4.75. The van der Waals surface area contributed by atoms with Crippen molar-refractivity contribution >= 4 is 58.0 Å². The second-order valence-corrected chi connectivity index (χ2v) is 10.4. The van der Waals surface area contributed by atoms with E-state index < -0.39 is 9.96 Å². The van der Waals surface area contributed by atoms with Gasteiger partial charge in [-0.25, -0.2) is 0 Å². The Labute approximate surface area is 184 Å². The maximum atomic E-state index is 12.2. The van der Waals surface area contributed by atoms with Crippen LogP contribution in [0.5, 0.6) is 0 Å². The van der Waals surface area contributed by atoms with Gasteiger partial charge in [-0.3, -0.25) is 9.59 Å². The molecule has 28 heavy (non-hydrogen) atoms. The molecule has 154 valence electrons. The van der Waals surface area contributed by atoms with Gasteiger partial charge in [0.25, 0.3) is 5.56 Å². The van der Waals surface area contributed by atoms with Crippen molar-refractivity contribution in [1.29, 1.82) is 0 Å². The summed E-state index contributed by atoms with van der Waals surface area (Å²) in [4.78, 5) is 26.2. The summed E-state index contributed by atoms with van der Waals surface area (Å²) in [6.07, 6.45) is 0.0668. The summed E-state index contributed by atoms with van der Waals surface area (Å²) in [5.74, 6) is 0.0185. The number of carbonyl (C=O) groups excluding carboxylic acids is 1. The Hall–Kier alpha value is -1.02. The number of rotatable bonds is 3. The first kappa shape index (κ1) is 21.7. The zero-order chi connectivity index (χ0) is 20.6. The first-order valence-corrected chi connectivity index (χ1v) is 10.7. The van der Waals surface area contributed by atoms with Gasteiger partial charge in [0.2, 0.25) is 9.70 Å². The number of piperidine rings is 1. The van der Waals surface area contributed by atoms with Crippen LogP contribution in [0.2, 0.25) is 0 Å². The fourth-order valence-corrected chi connectivity index (χ4v) is 4.38. The van der Waals surface area contributed by atoms with E-state index in [1.165, 1.54) is 0 Å². The van der Waals surface area contributed by atoms with Gasteiger partial charge in [-0.1, -0.05) is 54.7 Å². The minimum absolute atomic E-state index is 0.0361. The summed E-state index contributed by atoms with van der Waals surface area (Å²) < 4.78 is 0.0970. The fourth-order valence-electron chi connectivity index (χ4n) is 3.79. The van der Waals surface area contributed by atoms with Gasteiger partial charge in [0.1, 0.15) is 6.17 Å². The number of pyridine rings is 1. The van der Waals surface area contributed by atoms with Crippen LogP contribution in [-0.2, 0) is 11.3 Å². The molecule has 1 saturated heterocycles. The summed E-state index contributed by atoms with van der Waals surface area (Å²) in [5.41, 5.74) is 1.07. The Morgan fingerprint density at radius 3 is 2.57 bits per heavy atom. The van der Waals surface area contributed by atoms with Crippen LogP contribution in [0.4, 0.5) is 0 Å². The number of nitrogens with zero attached hydrogens (tertiary/aromatic N) is 2. The fraction of sp³-hybridized carbons (Fsp3) is 0.611. The van der Waals surface area contributed by atoms with Crippen molar-refractivity contribution in [2.45, 2.75) is 42.7 Å². The smallest absolute Gasteiger partial charge is 0.250 e. The number of aromatic nitrogens is 1. The summed E-state index contributed by atoms with van der Waals surface area (Å²) in [6.45, 7) is 5.55. The van der Waals surface area contributed by atoms with E-state index in [1.807, 2.05) is 15.5 Å². The van der Waals surface area contributed by atoms with E-state index in [1.54, 1.807) is 26.0 Å². The molecule has 0 saturated carbocycles. The van der Waals surface area contributed by atoms with Gasteiger partial charge in [-0.05, 0) is 30.6 Å². The van der Waals surface area contributed by atoms with Gasteiger partial charge in [0.15, 0.2) is 5.11 Å². The first-order valence-electron chi connectivity index (χ1n) is 9.18. The van der Waals surface area contributed by atoms with E-state index in [9.17, 15) is 9.59 Å². The predicted octanol–water partition coefficient (Wildman–Crippen LogP) is 2.61. The molecule has 10 heteroatoms. The maximum absolute atomic E-state index is 12.2. The standard InChI is InChI=1S/C18H23Cl3N4O2S/c1-10(2)15(27)22-16(18(19,20)21)23-17(28)24-7-11-6-12(9-24)13-4-3-5-14(26)25(13)8-11/h3-5,10-12,16H,6-9H2,1-2H3,(H,22,27)(H,23,28). The Morgan fingerprint density at radius 1 is 1.21 bits per heavy atom. The van der Waals surface area contributed by atoms with Crippen LogP contribution in [0.15, 0.2) is 23.0 Å². The molecule has 3 atom stereocenters.